The van der Waals surface area contributed by atoms with Gasteiger partial charge in [0.05, 0.1) is 47.8 Å². The van der Waals surface area contributed by atoms with Crippen LogP contribution in [0.1, 0.15) is 75.9 Å². The predicted octanol–water partition coefficient (Wildman–Crippen LogP) is 7.66. The van der Waals surface area contributed by atoms with Crippen LogP contribution in [0, 0.1) is 220 Å². The molecule has 4 fully saturated rings. The summed E-state index contributed by atoms with van der Waals surface area (Å²) in [5, 5.41) is 55.1. The smallest absolute Gasteiger partial charge is 0.261 e. The summed E-state index contributed by atoms with van der Waals surface area (Å²) in [5.41, 5.74) is 2.88. The van der Waals surface area contributed by atoms with Crippen molar-refractivity contribution in [1.29, 1.82) is 0 Å². The topological polar surface area (TPSA) is 316 Å². The summed E-state index contributed by atoms with van der Waals surface area (Å²) >= 11 is 4.00. The molecule has 8 rings (SSSR count). The largest absolute Gasteiger partial charge is 0.363 e. The third kappa shape index (κ3) is 24.4. The van der Waals surface area contributed by atoms with Crippen LogP contribution >= 0.6 is 0 Å². The van der Waals surface area contributed by atoms with Crippen LogP contribution < -0.4 is 5.32 Å². The maximum Gasteiger partial charge on any atom is 0.261 e. The number of amides is 2. The van der Waals surface area contributed by atoms with Crippen LogP contribution in [0.3, 0.4) is 0 Å². The summed E-state index contributed by atoms with van der Waals surface area (Å²) in [4.78, 5) is 53.1. The number of piperidine rings is 2. The van der Waals surface area contributed by atoms with Crippen LogP contribution in [0.15, 0.2) is 80.1 Å². The van der Waals surface area contributed by atoms with Gasteiger partial charge in [-0.3, -0.25) is 18.9 Å². The molecule has 5 heterocycles. The highest BCUT2D eigenvalue weighted by Crippen LogP contribution is 2.52. The lowest BCUT2D eigenvalue weighted by atomic mass is 9.71. The molecule has 5 aliphatic rings. The van der Waals surface area contributed by atoms with E-state index in [1.807, 2.05) is 30.3 Å². The summed E-state index contributed by atoms with van der Waals surface area (Å²) in [6, 6.07) is 15.6. The number of aromatic nitrogens is 1. The number of nitrogens with zero attached hydrogens (tertiary/aromatic N) is 7. The highest BCUT2D eigenvalue weighted by atomic mass is 32.2. The summed E-state index contributed by atoms with van der Waals surface area (Å²) in [6.07, 6.45) is 15.9. The molecule has 1 aromatic heterocycles. The average Bonchev–Trinajstić information content (AvgIpc) is 1.54. The van der Waals surface area contributed by atoms with Gasteiger partial charge in [-0.25, -0.2) is 5.26 Å². The van der Waals surface area contributed by atoms with Crippen molar-refractivity contribution in [2.24, 2.45) is 43.2 Å². The Bertz CT molecular complexity index is 4690. The molecule has 96 heavy (non-hydrogen) atoms. The molecule has 2 aromatic carbocycles. The normalized spacial score (nSPS) is 20.1. The molecule has 8 atom stereocenters. The van der Waals surface area contributed by atoms with Gasteiger partial charge in [-0.2, -0.15) is 13.4 Å². The molecular formula is C69H83N9O16S2. The number of nitrogens with one attached hydrogen (secondary N) is 2. The Kier molecular flexibility index (Phi) is 31.4. The monoisotopic (exact) mass is 1360 g/mol. The molecule has 5 N–H and O–H groups in total. The van der Waals surface area contributed by atoms with E-state index in [1.54, 1.807) is 11.8 Å². The molecule has 3 aromatic rings. The highest BCUT2D eigenvalue weighted by molar-refractivity contribution is 7.85. The molecule has 25 nitrogen and oxygen atoms in total. The standard InChI is InChI=1S/C34H38N4O5.C34H2.CH4O3S.HN5O8S.19H2/c1-33(36-31(40)21-15-23-22-10-6-11-25-28(22)20(17-35-25)16-26(23)37(2)18-21)30(39)29-24(14-19-8-4-3-5-9-19)32(41)38-13-7-12-27(38)34(29,42)43-33;1-3-5-7-9-11-13-15-17-19-21-23-25-27-29-31-33-34-32-30-28-26-24-22-20-18-16-14-12-10-8-6-4-2;1-5(2,3)4;6-8-10-12-13-11-9-7-4-2-1-3-5-14;;;;;;;;;;;;;;;;;;;/h3-6,8-11,17,21,23-24,26-27,29,35,42H,7,12-16,18H2,1-2H3,(H,36,40);1-2H;1H3,(H,2,3,4);6H;19*1H/b;;;3-1+,4-2+;;;;;;;;;;;;;;;;;;;/t21-,23-,24-,26-,27+,29?,33-,34+;;;;;;;;;;;;;;;;;;;;;;/m1....................../s1. The second-order valence-corrected chi connectivity index (χ2v) is 20.9. The van der Waals surface area contributed by atoms with E-state index in [9.17, 15) is 27.9 Å². The van der Waals surface area contributed by atoms with E-state index in [-0.39, 0.29) is 50.8 Å². The number of rotatable bonds is 13. The minimum Gasteiger partial charge on any atom is -0.363 e. The van der Waals surface area contributed by atoms with Crippen molar-refractivity contribution < 1.29 is 105 Å². The fraction of sp³-hybridized carbons (Fsp3) is 0.261. The molecule has 2 amide bonds. The van der Waals surface area contributed by atoms with Crippen molar-refractivity contribution in [3.05, 3.63) is 71.4 Å². The number of fused-ring (bicyclic) bond motifs is 5. The number of aliphatic hydroxyl groups is 1. The number of ketones is 1. The van der Waals surface area contributed by atoms with E-state index >= 15 is 0 Å². The average molecular weight is 1360 g/mol. The van der Waals surface area contributed by atoms with Crippen LogP contribution in [0.25, 0.3) is 10.9 Å². The first kappa shape index (κ1) is 74.4. The van der Waals surface area contributed by atoms with Gasteiger partial charge in [0.25, 0.3) is 10.1 Å². The summed E-state index contributed by atoms with van der Waals surface area (Å²) in [5.74, 6) is 73.5. The molecule has 1 aliphatic carbocycles. The van der Waals surface area contributed by atoms with Crippen molar-refractivity contribution in [2.75, 3.05) is 26.4 Å². The third-order valence-corrected chi connectivity index (χ3v) is 13.4. The Hall–Kier alpha value is -12.4. The highest BCUT2D eigenvalue weighted by Gasteiger charge is 2.71. The number of likely N-dealkylation sites (tertiary alicyclic amines) is 1. The second kappa shape index (κ2) is 40.5. The molecule has 0 bridgehead atoms. The van der Waals surface area contributed by atoms with Crippen LogP contribution in [-0.4, -0.2) is 106 Å². The Morgan fingerprint density at radius 2 is 1.25 bits per heavy atom. The molecule has 4 aliphatic heterocycles. The number of ether oxygens (including phenoxy) is 1. The number of aromatic amines is 1. The Morgan fingerprint density at radius 3 is 1.75 bits per heavy atom. The first-order valence-electron chi connectivity index (χ1n) is 27.2. The Balaban J connectivity index is -0.0000000975. The lowest BCUT2D eigenvalue weighted by molar-refractivity contribution is -0.812. The molecule has 27 heteroatoms. The predicted molar refractivity (Wildman–Crippen MR) is 380 cm³/mol. The Morgan fingerprint density at radius 1 is 0.750 bits per heavy atom. The van der Waals surface area contributed by atoms with Crippen molar-refractivity contribution in [1.82, 2.24) is 20.1 Å². The Labute approximate surface area is 586 Å². The lowest BCUT2D eigenvalue weighted by Crippen LogP contribution is -2.64. The molecule has 4 saturated heterocycles. The molecule has 512 valence electrons. The number of benzene rings is 2. The zero-order valence-electron chi connectivity index (χ0n) is 50.4. The molecular weight excluding hydrogens is 1270 g/mol. The van der Waals surface area contributed by atoms with Crippen molar-refractivity contribution in [2.45, 2.75) is 68.5 Å². The lowest BCUT2D eigenvalue weighted by Gasteiger charge is -2.47. The van der Waals surface area contributed by atoms with E-state index in [2.05, 4.69) is 309 Å². The van der Waals surface area contributed by atoms with E-state index in [0.29, 0.717) is 44.6 Å². The van der Waals surface area contributed by atoms with Gasteiger partial charge < -0.3 is 29.9 Å². The van der Waals surface area contributed by atoms with Gasteiger partial charge in [0, 0.05) is 190 Å². The van der Waals surface area contributed by atoms with E-state index in [0.717, 1.165) is 23.9 Å². The number of terminal acetylenes is 2. The maximum atomic E-state index is 14.3. The van der Waals surface area contributed by atoms with Gasteiger partial charge in [0.1, 0.15) is 0 Å². The van der Waals surface area contributed by atoms with Gasteiger partial charge in [-0.05, 0) is 184 Å². The van der Waals surface area contributed by atoms with Gasteiger partial charge in [-0.15, -0.1) is 12.8 Å². The molecule has 0 radical (unpaired) electrons. The zero-order chi connectivity index (χ0) is 69.3. The number of H-pyrrole nitrogens is 1. The van der Waals surface area contributed by atoms with E-state index in [4.69, 9.17) is 27.4 Å². The zero-order valence-corrected chi connectivity index (χ0v) is 52.0. The second-order valence-electron chi connectivity index (χ2n) is 19.2. The quantitative estimate of drug-likeness (QED) is 0.0274. The molecule has 0 saturated carbocycles. The number of hydrogen-bond donors (Lipinski definition) is 5. The van der Waals surface area contributed by atoms with E-state index in [1.165, 1.54) is 16.5 Å². The minimum absolute atomic E-state index is 0. The van der Waals surface area contributed by atoms with Crippen molar-refractivity contribution in [3.8, 4) is 202 Å². The third-order valence-electron chi connectivity index (χ3n) is 13.4. The van der Waals surface area contributed by atoms with Crippen LogP contribution in [-0.2, 0) is 89.7 Å². The maximum absolute atomic E-state index is 14.3. The summed E-state index contributed by atoms with van der Waals surface area (Å²) < 4.78 is 35.0. The van der Waals surface area contributed by atoms with Crippen molar-refractivity contribution in [3.63, 3.8) is 0 Å². The van der Waals surface area contributed by atoms with Gasteiger partial charge in [-0.1, -0.05) is 46.9 Å². The number of hydrogen-bond acceptors (Lipinski definition) is 18. The fourth-order valence-electron chi connectivity index (χ4n) is 10.2. The summed E-state index contributed by atoms with van der Waals surface area (Å²) in [6.45, 7) is 2.64. The van der Waals surface area contributed by atoms with Gasteiger partial charge >= 0.3 is 0 Å². The number of Topliss-reactive ketones (excluding diaryl/α,β-unsaturated/α-hetero) is 1. The summed E-state index contributed by atoms with van der Waals surface area (Å²) in [7, 11) is -1.60. The van der Waals surface area contributed by atoms with Crippen molar-refractivity contribution >= 4 is 51.0 Å². The van der Waals surface area contributed by atoms with Gasteiger partial charge in [0.15, 0.2) is 11.6 Å². The molecule has 0 spiro atoms. The first-order chi connectivity index (χ1) is 46.5. The van der Waals surface area contributed by atoms with Crippen LogP contribution in [0.5, 0.6) is 0 Å². The number of carbonyl (C=O) groups is 3. The molecule has 1 unspecified atom stereocenters. The minimum atomic E-state index is -3.67. The fourth-order valence-corrected chi connectivity index (χ4v) is 10.2. The van der Waals surface area contributed by atoms with Crippen LogP contribution in [0.4, 0.5) is 0 Å². The SMILES string of the molecule is C#CC#CC#CC#CC#CC#CC#CC#CC#CC#CC#CC#CC#CC#CC#CC#CC#C.CN1C[C@H](C(=O)N[C@]2(C)O[C@]3(O)C(C2=O)[C@@H](Cc2ccccc2)C(=O)N2CCC[C@H]23)C[C@@H]2c3cccc4[nH]cc(c34)C[C@H]21.CS(=O)(=O)O.OOOOOOOO/N=N/N=N/N=S.[HH].[HH].[HH].[HH].[HH].[HH].[HH].[HH].[HH].[HH].[HH].[HH].[HH].[HH].[HH].[HH].[HH].[HH].[HH]. The number of likely N-dealkylation sites (N-methyl/N-ethyl adjacent to an activating group) is 1. The first-order valence-corrected chi connectivity index (χ1v) is 29.4. The van der Waals surface area contributed by atoms with Gasteiger partial charge in [0.2, 0.25) is 17.5 Å². The van der Waals surface area contributed by atoms with E-state index < -0.39 is 45.3 Å². The number of carbonyl (C=O) groups excluding carboxylic acids is 3. The van der Waals surface area contributed by atoms with Crippen LogP contribution in [0.2, 0.25) is 0 Å².